The minimum Gasteiger partial charge on any atom is -0.497 e. The normalized spacial score (nSPS) is 25.0. The summed E-state index contributed by atoms with van der Waals surface area (Å²) in [4.78, 5) is 20.3. The van der Waals surface area contributed by atoms with Crippen LogP contribution in [0.5, 0.6) is 5.75 Å². The van der Waals surface area contributed by atoms with Gasteiger partial charge in [-0.1, -0.05) is 12.1 Å². The van der Waals surface area contributed by atoms with E-state index < -0.39 is 5.60 Å². The van der Waals surface area contributed by atoms with E-state index >= 15 is 0 Å². The average Bonchev–Trinajstić information content (AvgIpc) is 2.99. The SMILES string of the molecule is COc1ccc(C2=NO[C@@](C)(C(=O)N3CCC(C)CC3)C2)cc1. The summed E-state index contributed by atoms with van der Waals surface area (Å²) in [6, 6.07) is 7.67. The van der Waals surface area contributed by atoms with Crippen molar-refractivity contribution in [2.24, 2.45) is 11.1 Å². The molecule has 5 nitrogen and oxygen atoms in total. The summed E-state index contributed by atoms with van der Waals surface area (Å²) in [5, 5.41) is 4.17. The number of methoxy groups -OCH3 is 1. The Kier molecular flexibility index (Phi) is 4.28. The second kappa shape index (κ2) is 6.22. The number of oxime groups is 1. The minimum atomic E-state index is -0.879. The number of carbonyl (C=O) groups is 1. The molecule has 124 valence electrons. The molecule has 23 heavy (non-hydrogen) atoms. The monoisotopic (exact) mass is 316 g/mol. The fraction of sp³-hybridized carbons (Fsp3) is 0.556. The van der Waals surface area contributed by atoms with Gasteiger partial charge in [0, 0.05) is 19.5 Å². The number of hydrogen-bond donors (Lipinski definition) is 0. The van der Waals surface area contributed by atoms with Crippen LogP contribution < -0.4 is 4.74 Å². The van der Waals surface area contributed by atoms with Gasteiger partial charge in [-0.2, -0.15) is 0 Å². The molecule has 0 unspecified atom stereocenters. The van der Waals surface area contributed by atoms with Crippen LogP contribution >= 0.6 is 0 Å². The predicted octanol–water partition coefficient (Wildman–Crippen LogP) is 2.84. The van der Waals surface area contributed by atoms with Crippen LogP contribution in [0.2, 0.25) is 0 Å². The molecule has 0 spiro atoms. The van der Waals surface area contributed by atoms with Crippen molar-refractivity contribution in [3.8, 4) is 5.75 Å². The molecular formula is C18H24N2O3. The fourth-order valence-electron chi connectivity index (χ4n) is 3.14. The van der Waals surface area contributed by atoms with Crippen molar-refractivity contribution in [2.45, 2.75) is 38.7 Å². The lowest BCUT2D eigenvalue weighted by molar-refractivity contribution is -0.154. The zero-order chi connectivity index (χ0) is 16.4. The van der Waals surface area contributed by atoms with Crippen molar-refractivity contribution >= 4 is 11.6 Å². The van der Waals surface area contributed by atoms with Crippen LogP contribution in [0.4, 0.5) is 0 Å². The summed E-state index contributed by atoms with van der Waals surface area (Å²) in [5.41, 5.74) is 0.902. The maximum absolute atomic E-state index is 12.8. The third-order valence-corrected chi connectivity index (χ3v) is 4.81. The van der Waals surface area contributed by atoms with Gasteiger partial charge < -0.3 is 14.5 Å². The predicted molar refractivity (Wildman–Crippen MR) is 88.6 cm³/mol. The highest BCUT2D eigenvalue weighted by atomic mass is 16.7. The molecule has 0 radical (unpaired) electrons. The van der Waals surface area contributed by atoms with E-state index in [1.165, 1.54) is 0 Å². The van der Waals surface area contributed by atoms with Crippen LogP contribution in [0.15, 0.2) is 29.4 Å². The Morgan fingerprint density at radius 3 is 2.57 bits per heavy atom. The first-order valence-electron chi connectivity index (χ1n) is 8.21. The fourth-order valence-corrected chi connectivity index (χ4v) is 3.14. The molecule has 1 aromatic rings. The maximum Gasteiger partial charge on any atom is 0.269 e. The summed E-state index contributed by atoms with van der Waals surface area (Å²) in [7, 11) is 1.64. The van der Waals surface area contributed by atoms with Gasteiger partial charge in [0.05, 0.1) is 12.8 Å². The van der Waals surface area contributed by atoms with Gasteiger partial charge in [-0.25, -0.2) is 0 Å². The summed E-state index contributed by atoms with van der Waals surface area (Å²) in [6.07, 6.45) is 2.63. The largest absolute Gasteiger partial charge is 0.497 e. The third kappa shape index (κ3) is 3.19. The molecule has 2 aliphatic heterocycles. The van der Waals surface area contributed by atoms with E-state index in [1.54, 1.807) is 7.11 Å². The Labute approximate surface area is 137 Å². The standard InChI is InChI=1S/C18H24N2O3/c1-13-8-10-20(11-9-13)17(21)18(2)12-16(19-23-18)14-4-6-15(22-3)7-5-14/h4-7,13H,8-12H2,1-3H3/t18-/m1/s1. The summed E-state index contributed by atoms with van der Waals surface area (Å²) in [6.45, 7) is 5.71. The van der Waals surface area contributed by atoms with E-state index in [2.05, 4.69) is 12.1 Å². The number of rotatable bonds is 3. The van der Waals surface area contributed by atoms with Gasteiger partial charge in [0.25, 0.3) is 5.91 Å². The maximum atomic E-state index is 12.8. The minimum absolute atomic E-state index is 0.0525. The second-order valence-corrected chi connectivity index (χ2v) is 6.74. The van der Waals surface area contributed by atoms with Crippen LogP contribution in [0, 0.1) is 5.92 Å². The van der Waals surface area contributed by atoms with Gasteiger partial charge in [0.1, 0.15) is 5.75 Å². The van der Waals surface area contributed by atoms with Gasteiger partial charge in [-0.3, -0.25) is 4.79 Å². The number of likely N-dealkylation sites (tertiary alicyclic amines) is 1. The number of carbonyl (C=O) groups excluding carboxylic acids is 1. The highest BCUT2D eigenvalue weighted by Crippen LogP contribution is 2.30. The quantitative estimate of drug-likeness (QED) is 0.861. The van der Waals surface area contributed by atoms with E-state index in [1.807, 2.05) is 36.1 Å². The molecule has 1 fully saturated rings. The van der Waals surface area contributed by atoms with Crippen LogP contribution in [0.25, 0.3) is 0 Å². The molecule has 2 aliphatic rings. The average molecular weight is 316 g/mol. The number of ether oxygens (including phenoxy) is 1. The summed E-state index contributed by atoms with van der Waals surface area (Å²) in [5.74, 6) is 1.55. The number of hydrogen-bond acceptors (Lipinski definition) is 4. The first-order chi connectivity index (χ1) is 11.0. The van der Waals surface area contributed by atoms with Crippen molar-refractivity contribution in [2.75, 3.05) is 20.2 Å². The topological polar surface area (TPSA) is 51.1 Å². The van der Waals surface area contributed by atoms with E-state index in [9.17, 15) is 4.79 Å². The zero-order valence-corrected chi connectivity index (χ0v) is 14.0. The molecule has 0 N–H and O–H groups in total. The van der Waals surface area contributed by atoms with Crippen LogP contribution in [-0.2, 0) is 9.63 Å². The van der Waals surface area contributed by atoms with Gasteiger partial charge in [-0.15, -0.1) is 0 Å². The molecule has 1 aromatic carbocycles. The van der Waals surface area contributed by atoms with Crippen LogP contribution in [0.1, 0.15) is 38.7 Å². The molecule has 1 amide bonds. The first-order valence-corrected chi connectivity index (χ1v) is 8.21. The Balaban J connectivity index is 1.67. The molecule has 0 aromatic heterocycles. The highest BCUT2D eigenvalue weighted by molar-refractivity contribution is 6.05. The van der Waals surface area contributed by atoms with Gasteiger partial charge in [0.2, 0.25) is 5.60 Å². The molecule has 0 saturated carbocycles. The Morgan fingerprint density at radius 2 is 1.96 bits per heavy atom. The Hall–Kier alpha value is -2.04. The van der Waals surface area contributed by atoms with Crippen molar-refractivity contribution in [3.63, 3.8) is 0 Å². The molecule has 2 heterocycles. The highest BCUT2D eigenvalue weighted by Gasteiger charge is 2.45. The number of benzene rings is 1. The summed E-state index contributed by atoms with van der Waals surface area (Å²) < 4.78 is 5.17. The van der Waals surface area contributed by atoms with Crippen molar-refractivity contribution in [3.05, 3.63) is 29.8 Å². The van der Waals surface area contributed by atoms with Crippen molar-refractivity contribution in [1.29, 1.82) is 0 Å². The summed E-state index contributed by atoms with van der Waals surface area (Å²) >= 11 is 0. The van der Waals surface area contributed by atoms with E-state index in [0.29, 0.717) is 12.3 Å². The van der Waals surface area contributed by atoms with Gasteiger partial charge >= 0.3 is 0 Å². The van der Waals surface area contributed by atoms with E-state index in [-0.39, 0.29) is 5.91 Å². The molecule has 1 atom stereocenters. The first kappa shape index (κ1) is 15.8. The molecule has 3 rings (SSSR count). The molecule has 1 saturated heterocycles. The second-order valence-electron chi connectivity index (χ2n) is 6.74. The number of nitrogens with zero attached hydrogens (tertiary/aromatic N) is 2. The van der Waals surface area contributed by atoms with Crippen LogP contribution in [-0.4, -0.2) is 42.3 Å². The smallest absolute Gasteiger partial charge is 0.269 e. The van der Waals surface area contributed by atoms with Crippen LogP contribution in [0.3, 0.4) is 0 Å². The van der Waals surface area contributed by atoms with E-state index in [4.69, 9.17) is 9.57 Å². The lowest BCUT2D eigenvalue weighted by Gasteiger charge is -2.34. The molecule has 0 bridgehead atoms. The molecule has 5 heteroatoms. The Morgan fingerprint density at radius 1 is 1.30 bits per heavy atom. The third-order valence-electron chi connectivity index (χ3n) is 4.81. The van der Waals surface area contributed by atoms with Gasteiger partial charge in [0.15, 0.2) is 0 Å². The van der Waals surface area contributed by atoms with Crippen molar-refractivity contribution in [1.82, 2.24) is 4.90 Å². The lowest BCUT2D eigenvalue weighted by Crippen LogP contribution is -2.49. The Bertz CT molecular complexity index is 603. The molecule has 0 aliphatic carbocycles. The lowest BCUT2D eigenvalue weighted by atomic mass is 9.92. The molecular weight excluding hydrogens is 292 g/mol. The van der Waals surface area contributed by atoms with E-state index in [0.717, 1.165) is 43.0 Å². The number of amides is 1. The number of piperidine rings is 1. The van der Waals surface area contributed by atoms with Crippen molar-refractivity contribution < 1.29 is 14.4 Å². The zero-order valence-electron chi connectivity index (χ0n) is 14.0. The van der Waals surface area contributed by atoms with Gasteiger partial charge in [-0.05, 0) is 55.5 Å².